The van der Waals surface area contributed by atoms with E-state index in [2.05, 4.69) is 21.4 Å². The van der Waals surface area contributed by atoms with Crippen LogP contribution in [0.4, 0.5) is 9.80 Å². The van der Waals surface area contributed by atoms with Crippen LogP contribution in [0, 0.1) is 11.3 Å². The van der Waals surface area contributed by atoms with Gasteiger partial charge in [-0.15, -0.1) is 11.3 Å². The van der Waals surface area contributed by atoms with Gasteiger partial charge in [-0.3, -0.25) is 10.2 Å². The molecule has 106 valence electrons. The van der Waals surface area contributed by atoms with Gasteiger partial charge in [0.25, 0.3) is 0 Å². The Morgan fingerprint density at radius 1 is 1.55 bits per heavy atom. The highest BCUT2D eigenvalue weighted by atomic mass is 35.5. The molecule has 20 heavy (non-hydrogen) atoms. The SMILES string of the molecule is CC/C(Cl)=N\OC(=O)Nc1sc2c(c1C#N)CCCC2. The third-order valence-electron chi connectivity index (χ3n) is 3.02. The topological polar surface area (TPSA) is 74.5 Å². The first-order valence-electron chi connectivity index (χ1n) is 6.40. The number of fused-ring (bicyclic) bond motifs is 1. The molecule has 1 aromatic rings. The summed E-state index contributed by atoms with van der Waals surface area (Å²) in [7, 11) is 0. The minimum Gasteiger partial charge on any atom is -0.297 e. The summed E-state index contributed by atoms with van der Waals surface area (Å²) in [6.07, 6.45) is 3.83. The van der Waals surface area contributed by atoms with Crippen LogP contribution in [-0.4, -0.2) is 11.3 Å². The normalized spacial score (nSPS) is 14.3. The lowest BCUT2D eigenvalue weighted by Crippen LogP contribution is -2.11. The second kappa shape index (κ2) is 6.73. The number of thiophene rings is 1. The summed E-state index contributed by atoms with van der Waals surface area (Å²) in [5.74, 6) is 0. The van der Waals surface area contributed by atoms with E-state index in [1.165, 1.54) is 16.2 Å². The molecular formula is C13H14ClN3O2S. The Kier molecular flexibility index (Phi) is 4.99. The van der Waals surface area contributed by atoms with Crippen LogP contribution in [0.5, 0.6) is 0 Å². The first-order valence-corrected chi connectivity index (χ1v) is 7.60. The molecule has 1 N–H and O–H groups in total. The van der Waals surface area contributed by atoms with E-state index in [0.29, 0.717) is 17.0 Å². The fourth-order valence-electron chi connectivity index (χ4n) is 2.04. The highest BCUT2D eigenvalue weighted by Crippen LogP contribution is 2.37. The number of hydrogen-bond acceptors (Lipinski definition) is 5. The number of carbonyl (C=O) groups excluding carboxylic acids is 1. The van der Waals surface area contributed by atoms with Crippen molar-refractivity contribution in [2.24, 2.45) is 5.16 Å². The summed E-state index contributed by atoms with van der Waals surface area (Å²) in [6.45, 7) is 1.80. The van der Waals surface area contributed by atoms with Gasteiger partial charge in [0.15, 0.2) is 0 Å². The second-order valence-corrected chi connectivity index (χ2v) is 5.89. The van der Waals surface area contributed by atoms with Gasteiger partial charge in [-0.05, 0) is 31.2 Å². The van der Waals surface area contributed by atoms with Crippen molar-refractivity contribution in [3.8, 4) is 6.07 Å². The molecule has 0 aromatic carbocycles. The van der Waals surface area contributed by atoms with E-state index in [0.717, 1.165) is 31.2 Å². The average Bonchev–Trinajstić information content (AvgIpc) is 2.81. The van der Waals surface area contributed by atoms with E-state index < -0.39 is 6.09 Å². The number of nitrogens with zero attached hydrogens (tertiary/aromatic N) is 2. The number of nitrogens with one attached hydrogen (secondary N) is 1. The average molecular weight is 312 g/mol. The predicted molar refractivity (Wildman–Crippen MR) is 79.4 cm³/mol. The molecule has 5 nitrogen and oxygen atoms in total. The number of amides is 1. The van der Waals surface area contributed by atoms with Gasteiger partial charge >= 0.3 is 6.09 Å². The maximum Gasteiger partial charge on any atom is 0.438 e. The molecule has 0 atom stereocenters. The summed E-state index contributed by atoms with van der Waals surface area (Å²) in [5, 5.41) is 16.0. The molecule has 0 bridgehead atoms. The Labute approximate surface area is 126 Å². The van der Waals surface area contributed by atoms with Crippen LogP contribution in [-0.2, 0) is 17.7 Å². The van der Waals surface area contributed by atoms with Gasteiger partial charge in [0, 0.05) is 11.3 Å². The van der Waals surface area contributed by atoms with Gasteiger partial charge in [-0.25, -0.2) is 4.79 Å². The number of anilines is 1. The molecule has 1 aliphatic carbocycles. The highest BCUT2D eigenvalue weighted by Gasteiger charge is 2.22. The Morgan fingerprint density at radius 3 is 3.00 bits per heavy atom. The Balaban J connectivity index is 2.12. The standard InChI is InChI=1S/C13H14ClN3O2S/c1-2-11(14)17-19-13(18)16-12-9(7-15)8-5-3-4-6-10(8)20-12/h2-6H2,1H3,(H,16,18)/b17-11+. The second-order valence-electron chi connectivity index (χ2n) is 4.35. The lowest BCUT2D eigenvalue weighted by molar-refractivity contribution is 0.166. The number of carbonyl (C=O) groups is 1. The van der Waals surface area contributed by atoms with Crippen molar-refractivity contribution >= 4 is 39.2 Å². The molecule has 0 saturated carbocycles. The lowest BCUT2D eigenvalue weighted by atomic mass is 9.96. The van der Waals surface area contributed by atoms with Gasteiger partial charge in [-0.1, -0.05) is 23.7 Å². The van der Waals surface area contributed by atoms with E-state index in [9.17, 15) is 10.1 Å². The van der Waals surface area contributed by atoms with Crippen LogP contribution in [0.25, 0.3) is 0 Å². The number of hydrogen-bond donors (Lipinski definition) is 1. The quantitative estimate of drug-likeness (QED) is 0.520. The molecule has 0 fully saturated rings. The predicted octanol–water partition coefficient (Wildman–Crippen LogP) is 4.01. The number of rotatable bonds is 3. The van der Waals surface area contributed by atoms with Crippen molar-refractivity contribution in [2.45, 2.75) is 39.0 Å². The molecule has 0 aliphatic heterocycles. The molecular weight excluding hydrogens is 298 g/mol. The summed E-state index contributed by atoms with van der Waals surface area (Å²) in [4.78, 5) is 17.4. The molecule has 7 heteroatoms. The van der Waals surface area contributed by atoms with Crippen molar-refractivity contribution in [3.05, 3.63) is 16.0 Å². The Morgan fingerprint density at radius 2 is 2.30 bits per heavy atom. The molecule has 1 aliphatic rings. The molecule has 1 aromatic heterocycles. The Hall–Kier alpha value is -1.58. The minimum atomic E-state index is -0.730. The zero-order valence-electron chi connectivity index (χ0n) is 11.0. The van der Waals surface area contributed by atoms with Crippen LogP contribution in [0.3, 0.4) is 0 Å². The first kappa shape index (κ1) is 14.8. The third-order valence-corrected chi connectivity index (χ3v) is 4.56. The highest BCUT2D eigenvalue weighted by molar-refractivity contribution is 7.16. The van der Waals surface area contributed by atoms with Gasteiger partial charge in [0.2, 0.25) is 0 Å². The van der Waals surface area contributed by atoms with E-state index in [4.69, 9.17) is 11.6 Å². The van der Waals surface area contributed by atoms with Gasteiger partial charge in [-0.2, -0.15) is 5.26 Å². The van der Waals surface area contributed by atoms with Crippen LogP contribution in [0.2, 0.25) is 0 Å². The van der Waals surface area contributed by atoms with Crippen LogP contribution >= 0.6 is 22.9 Å². The molecule has 0 spiro atoms. The summed E-state index contributed by atoms with van der Waals surface area (Å²) < 4.78 is 0. The summed E-state index contributed by atoms with van der Waals surface area (Å²) >= 11 is 7.09. The van der Waals surface area contributed by atoms with E-state index >= 15 is 0 Å². The van der Waals surface area contributed by atoms with Crippen molar-refractivity contribution in [1.29, 1.82) is 5.26 Å². The Bertz CT molecular complexity index is 589. The summed E-state index contributed by atoms with van der Waals surface area (Å²) in [6, 6.07) is 2.16. The fraction of sp³-hybridized carbons (Fsp3) is 0.462. The number of aryl methyl sites for hydroxylation is 1. The fourth-order valence-corrected chi connectivity index (χ4v) is 3.30. The number of nitriles is 1. The maximum atomic E-state index is 11.6. The van der Waals surface area contributed by atoms with Crippen molar-refractivity contribution < 1.29 is 9.63 Å². The van der Waals surface area contributed by atoms with Crippen LogP contribution in [0.15, 0.2) is 5.16 Å². The zero-order chi connectivity index (χ0) is 14.5. The molecule has 0 unspecified atom stereocenters. The molecule has 1 amide bonds. The first-order chi connectivity index (χ1) is 9.65. The minimum absolute atomic E-state index is 0.214. The maximum absolute atomic E-state index is 11.6. The van der Waals surface area contributed by atoms with Gasteiger partial charge in [0.1, 0.15) is 16.2 Å². The number of halogens is 1. The van der Waals surface area contributed by atoms with Crippen LogP contribution in [0.1, 0.15) is 42.2 Å². The molecule has 0 saturated heterocycles. The van der Waals surface area contributed by atoms with Crippen molar-refractivity contribution in [2.75, 3.05) is 5.32 Å². The monoisotopic (exact) mass is 311 g/mol. The zero-order valence-corrected chi connectivity index (χ0v) is 12.6. The van der Waals surface area contributed by atoms with E-state index in [1.54, 1.807) is 6.92 Å². The number of oxime groups is 1. The lowest BCUT2D eigenvalue weighted by Gasteiger charge is -2.09. The van der Waals surface area contributed by atoms with E-state index in [-0.39, 0.29) is 5.17 Å². The van der Waals surface area contributed by atoms with Crippen molar-refractivity contribution in [3.63, 3.8) is 0 Å². The van der Waals surface area contributed by atoms with E-state index in [1.807, 2.05) is 0 Å². The molecule has 1 heterocycles. The third kappa shape index (κ3) is 3.30. The largest absolute Gasteiger partial charge is 0.438 e. The smallest absolute Gasteiger partial charge is 0.297 e. The van der Waals surface area contributed by atoms with Crippen LogP contribution < -0.4 is 5.32 Å². The van der Waals surface area contributed by atoms with Crippen molar-refractivity contribution in [1.82, 2.24) is 0 Å². The summed E-state index contributed by atoms with van der Waals surface area (Å²) in [5.41, 5.74) is 1.61. The van der Waals surface area contributed by atoms with Gasteiger partial charge in [0.05, 0.1) is 5.56 Å². The van der Waals surface area contributed by atoms with Gasteiger partial charge < -0.3 is 0 Å². The molecule has 2 rings (SSSR count). The molecule has 0 radical (unpaired) electrons.